The molecule has 0 unspecified atom stereocenters. The van der Waals surface area contributed by atoms with Gasteiger partial charge < -0.3 is 5.73 Å². The normalized spacial score (nSPS) is 12.1. The maximum atomic E-state index is 6.16. The molecule has 0 saturated heterocycles. The summed E-state index contributed by atoms with van der Waals surface area (Å²) >= 11 is 0. The van der Waals surface area contributed by atoms with Crippen molar-refractivity contribution in [1.82, 2.24) is 0 Å². The fourth-order valence-corrected chi connectivity index (χ4v) is 2.23. The first kappa shape index (κ1) is 14.5. The van der Waals surface area contributed by atoms with Crippen LogP contribution in [0.5, 0.6) is 0 Å². The Morgan fingerprint density at radius 2 is 1.60 bits per heavy atom. The molecule has 2 N–H and O–H groups in total. The predicted octanol–water partition coefficient (Wildman–Crippen LogP) is 3.83. The first-order chi connectivity index (χ1) is 6.56. The Morgan fingerprint density at radius 3 is 2.00 bits per heavy atom. The van der Waals surface area contributed by atoms with Crippen molar-refractivity contribution in [2.45, 2.75) is 46.6 Å². The minimum atomic E-state index is 0. The lowest BCUT2D eigenvalue weighted by Crippen LogP contribution is -2.13. The van der Waals surface area contributed by atoms with E-state index in [0.29, 0.717) is 0 Å². The van der Waals surface area contributed by atoms with Crippen molar-refractivity contribution in [2.75, 3.05) is 0 Å². The van der Waals surface area contributed by atoms with Gasteiger partial charge in [0.1, 0.15) is 0 Å². The highest BCUT2D eigenvalue weighted by Gasteiger charge is 2.10. The molecule has 0 aliphatic carbocycles. The molecule has 15 heavy (non-hydrogen) atoms. The third kappa shape index (κ3) is 3.51. The van der Waals surface area contributed by atoms with Crippen LogP contribution in [0.15, 0.2) is 12.1 Å². The lowest BCUT2D eigenvalue weighted by Gasteiger charge is -2.17. The molecule has 1 aromatic carbocycles. The molecule has 0 fully saturated rings. The number of aryl methyl sites for hydroxylation is 3. The SMILES string of the molecule is CCC[C@@H](N)c1c(C)cc(C)cc1C.Cl. The predicted molar refractivity (Wildman–Crippen MR) is 69.7 cm³/mol. The summed E-state index contributed by atoms with van der Waals surface area (Å²) in [4.78, 5) is 0. The molecule has 0 spiro atoms. The monoisotopic (exact) mass is 227 g/mol. The molecular weight excluding hydrogens is 206 g/mol. The zero-order valence-corrected chi connectivity index (χ0v) is 10.9. The zero-order valence-electron chi connectivity index (χ0n) is 10.1. The lowest BCUT2D eigenvalue weighted by atomic mass is 9.92. The fraction of sp³-hybridized carbons (Fsp3) is 0.538. The Kier molecular flexibility index (Phi) is 5.92. The molecule has 1 nitrogen and oxygen atoms in total. The van der Waals surface area contributed by atoms with Crippen molar-refractivity contribution in [3.8, 4) is 0 Å². The molecule has 2 heteroatoms. The van der Waals surface area contributed by atoms with Crippen LogP contribution in [0.25, 0.3) is 0 Å². The van der Waals surface area contributed by atoms with Gasteiger partial charge in [0, 0.05) is 6.04 Å². The maximum absolute atomic E-state index is 6.16. The topological polar surface area (TPSA) is 26.0 Å². The summed E-state index contributed by atoms with van der Waals surface area (Å²) in [5.74, 6) is 0. The summed E-state index contributed by atoms with van der Waals surface area (Å²) in [6, 6.07) is 4.65. The van der Waals surface area contributed by atoms with Gasteiger partial charge in [-0.05, 0) is 43.9 Å². The Morgan fingerprint density at radius 1 is 1.13 bits per heavy atom. The highest BCUT2D eigenvalue weighted by Crippen LogP contribution is 2.24. The molecule has 0 amide bonds. The summed E-state index contributed by atoms with van der Waals surface area (Å²) in [6.07, 6.45) is 2.22. The van der Waals surface area contributed by atoms with Crippen LogP contribution < -0.4 is 5.73 Å². The van der Waals surface area contributed by atoms with E-state index in [2.05, 4.69) is 39.8 Å². The second-order valence-corrected chi connectivity index (χ2v) is 4.21. The molecule has 1 atom stereocenters. The van der Waals surface area contributed by atoms with Crippen LogP contribution in [0.1, 0.15) is 48.1 Å². The van der Waals surface area contributed by atoms with Crippen LogP contribution in [0.2, 0.25) is 0 Å². The van der Waals surface area contributed by atoms with Gasteiger partial charge in [-0.3, -0.25) is 0 Å². The average molecular weight is 228 g/mol. The molecule has 86 valence electrons. The third-order valence-corrected chi connectivity index (χ3v) is 2.71. The fourth-order valence-electron chi connectivity index (χ4n) is 2.23. The minimum absolute atomic E-state index is 0. The first-order valence-corrected chi connectivity index (χ1v) is 5.39. The molecule has 0 saturated carbocycles. The number of rotatable bonds is 3. The standard InChI is InChI=1S/C13H21N.ClH/c1-5-6-12(14)13-10(3)7-9(2)8-11(13)4;/h7-8,12H,5-6,14H2,1-4H3;1H/t12-;/m1./s1. The molecular formula is C13H22ClN. The van der Waals surface area contributed by atoms with Gasteiger partial charge in [0.05, 0.1) is 0 Å². The number of benzene rings is 1. The second-order valence-electron chi connectivity index (χ2n) is 4.21. The number of hydrogen-bond donors (Lipinski definition) is 1. The van der Waals surface area contributed by atoms with Crippen LogP contribution in [-0.4, -0.2) is 0 Å². The van der Waals surface area contributed by atoms with Gasteiger partial charge in [0.25, 0.3) is 0 Å². The van der Waals surface area contributed by atoms with Crippen molar-refractivity contribution in [3.05, 3.63) is 34.4 Å². The summed E-state index contributed by atoms with van der Waals surface area (Å²) in [6.45, 7) is 8.63. The van der Waals surface area contributed by atoms with Gasteiger partial charge in [-0.15, -0.1) is 12.4 Å². The Hall–Kier alpha value is -0.530. The van der Waals surface area contributed by atoms with E-state index in [0.717, 1.165) is 12.8 Å². The molecule has 0 radical (unpaired) electrons. The summed E-state index contributed by atoms with van der Waals surface area (Å²) in [7, 11) is 0. The maximum Gasteiger partial charge on any atom is 0.0300 e. The molecule has 0 bridgehead atoms. The lowest BCUT2D eigenvalue weighted by molar-refractivity contribution is 0.631. The van der Waals surface area contributed by atoms with Crippen molar-refractivity contribution in [3.63, 3.8) is 0 Å². The van der Waals surface area contributed by atoms with E-state index < -0.39 is 0 Å². The van der Waals surface area contributed by atoms with Crippen molar-refractivity contribution < 1.29 is 0 Å². The molecule has 0 aliphatic heterocycles. The number of hydrogen-bond acceptors (Lipinski definition) is 1. The summed E-state index contributed by atoms with van der Waals surface area (Å²) in [5, 5.41) is 0. The Labute approximate surface area is 99.5 Å². The number of nitrogens with two attached hydrogens (primary N) is 1. The summed E-state index contributed by atoms with van der Waals surface area (Å²) < 4.78 is 0. The Balaban J connectivity index is 0.00000196. The first-order valence-electron chi connectivity index (χ1n) is 5.39. The minimum Gasteiger partial charge on any atom is -0.324 e. The van der Waals surface area contributed by atoms with Gasteiger partial charge >= 0.3 is 0 Å². The van der Waals surface area contributed by atoms with Crippen molar-refractivity contribution in [2.24, 2.45) is 5.73 Å². The largest absolute Gasteiger partial charge is 0.324 e. The van der Waals surface area contributed by atoms with Gasteiger partial charge in [-0.2, -0.15) is 0 Å². The molecule has 1 aromatic rings. The Bertz CT molecular complexity index is 297. The molecule has 0 heterocycles. The average Bonchev–Trinajstić information content (AvgIpc) is 2.01. The van der Waals surface area contributed by atoms with Gasteiger partial charge in [0.15, 0.2) is 0 Å². The summed E-state index contributed by atoms with van der Waals surface area (Å²) in [5.41, 5.74) is 11.5. The van der Waals surface area contributed by atoms with E-state index in [1.165, 1.54) is 22.3 Å². The van der Waals surface area contributed by atoms with Gasteiger partial charge in [-0.25, -0.2) is 0 Å². The van der Waals surface area contributed by atoms with E-state index in [9.17, 15) is 0 Å². The second kappa shape index (κ2) is 6.14. The van der Waals surface area contributed by atoms with E-state index in [1.807, 2.05) is 0 Å². The third-order valence-electron chi connectivity index (χ3n) is 2.71. The molecule has 0 aromatic heterocycles. The van der Waals surface area contributed by atoms with E-state index in [4.69, 9.17) is 5.73 Å². The highest BCUT2D eigenvalue weighted by atomic mass is 35.5. The van der Waals surface area contributed by atoms with Gasteiger partial charge in [0.2, 0.25) is 0 Å². The smallest absolute Gasteiger partial charge is 0.0300 e. The molecule has 1 rings (SSSR count). The van der Waals surface area contributed by atoms with Crippen LogP contribution in [-0.2, 0) is 0 Å². The van der Waals surface area contributed by atoms with Crippen LogP contribution >= 0.6 is 12.4 Å². The van der Waals surface area contributed by atoms with Gasteiger partial charge in [-0.1, -0.05) is 31.0 Å². The highest BCUT2D eigenvalue weighted by molar-refractivity contribution is 5.85. The van der Waals surface area contributed by atoms with Crippen molar-refractivity contribution in [1.29, 1.82) is 0 Å². The van der Waals surface area contributed by atoms with Crippen LogP contribution in [0, 0.1) is 20.8 Å². The zero-order chi connectivity index (χ0) is 10.7. The van der Waals surface area contributed by atoms with E-state index in [1.54, 1.807) is 0 Å². The van der Waals surface area contributed by atoms with E-state index >= 15 is 0 Å². The number of halogens is 1. The van der Waals surface area contributed by atoms with Crippen molar-refractivity contribution >= 4 is 12.4 Å². The quantitative estimate of drug-likeness (QED) is 0.835. The van der Waals surface area contributed by atoms with Crippen LogP contribution in [0.3, 0.4) is 0 Å². The van der Waals surface area contributed by atoms with Crippen LogP contribution in [0.4, 0.5) is 0 Å². The van der Waals surface area contributed by atoms with E-state index in [-0.39, 0.29) is 18.4 Å². The molecule has 0 aliphatic rings.